The summed E-state index contributed by atoms with van der Waals surface area (Å²) in [6.07, 6.45) is 2.93. The van der Waals surface area contributed by atoms with Crippen molar-refractivity contribution in [2.75, 3.05) is 25.0 Å². The van der Waals surface area contributed by atoms with Gasteiger partial charge in [0.1, 0.15) is 17.2 Å². The second kappa shape index (κ2) is 11.2. The van der Waals surface area contributed by atoms with Crippen molar-refractivity contribution in [2.24, 2.45) is 0 Å². The van der Waals surface area contributed by atoms with E-state index in [0.717, 1.165) is 61.5 Å². The number of rotatable bonds is 6. The summed E-state index contributed by atoms with van der Waals surface area (Å²) in [4.78, 5) is 59.8. The zero-order valence-electron chi connectivity index (χ0n) is 22.0. The average molecular weight is 563 g/mol. The summed E-state index contributed by atoms with van der Waals surface area (Å²) in [5.74, 6) is -0.0724. The van der Waals surface area contributed by atoms with Gasteiger partial charge in [0.05, 0.1) is 11.2 Å². The lowest BCUT2D eigenvalue weighted by Crippen LogP contribution is -2.43. The highest BCUT2D eigenvalue weighted by molar-refractivity contribution is 5.92. The van der Waals surface area contributed by atoms with Crippen molar-refractivity contribution in [1.82, 2.24) is 24.8 Å². The number of piperidine rings is 1. The fourth-order valence-corrected chi connectivity index (χ4v) is 5.26. The molecule has 5 heterocycles. The van der Waals surface area contributed by atoms with Crippen LogP contribution in [0.4, 0.5) is 10.2 Å². The van der Waals surface area contributed by atoms with Gasteiger partial charge in [0.25, 0.3) is 5.71 Å². The molecule has 0 aliphatic carbocycles. The molecule has 0 unspecified atom stereocenters. The SMILES string of the molecule is O=C1CCc2ccc(CNC3CCN(CCn4c(=O)c5nc6c(cc(F)cc64)oc(=O)ccc(=O)o5)CC3)nc2N1. The molecule has 6 rings (SSSR count). The molecule has 1 aromatic carbocycles. The molecule has 2 bridgehead atoms. The minimum absolute atomic E-state index is 0.0120. The Hall–Kier alpha value is -4.49. The lowest BCUT2D eigenvalue weighted by atomic mass is 10.0. The number of aromatic nitrogens is 3. The summed E-state index contributed by atoms with van der Waals surface area (Å²) >= 11 is 0. The highest BCUT2D eigenvalue weighted by atomic mass is 19.1. The second-order valence-corrected chi connectivity index (χ2v) is 10.2. The Labute approximate surface area is 231 Å². The summed E-state index contributed by atoms with van der Waals surface area (Å²) in [6, 6.07) is 8.07. The van der Waals surface area contributed by atoms with Gasteiger partial charge in [-0.2, -0.15) is 0 Å². The van der Waals surface area contributed by atoms with Crippen LogP contribution in [0.15, 0.2) is 59.6 Å². The van der Waals surface area contributed by atoms with E-state index in [2.05, 4.69) is 25.5 Å². The summed E-state index contributed by atoms with van der Waals surface area (Å²) in [5, 5.41) is 6.37. The van der Waals surface area contributed by atoms with Gasteiger partial charge in [-0.15, -0.1) is 0 Å². The van der Waals surface area contributed by atoms with E-state index in [0.29, 0.717) is 31.7 Å². The van der Waals surface area contributed by atoms with Crippen LogP contribution in [0.1, 0.15) is 30.5 Å². The summed E-state index contributed by atoms with van der Waals surface area (Å²) in [7, 11) is 0. The third-order valence-electron chi connectivity index (χ3n) is 7.43. The number of likely N-dealkylation sites (tertiary alicyclic amines) is 1. The minimum Gasteiger partial charge on any atom is -0.421 e. The molecule has 0 atom stereocenters. The highest BCUT2D eigenvalue weighted by Gasteiger charge is 2.21. The van der Waals surface area contributed by atoms with Crippen LogP contribution in [-0.4, -0.2) is 51.0 Å². The standard InChI is InChI=1S/C28H27FN6O6/c29-17-13-20-25-21(14-17)40-23(37)5-6-24(38)41-27(33-25)28(39)35(20)12-11-34-9-7-18(8-10-34)30-15-19-3-1-16-2-4-22(36)32-26(16)31-19/h1,3,5-6,13-14,18,30H,2,4,7-12,15H2,(H,31,32,36). The number of nitrogens with zero attached hydrogens (tertiary/aromatic N) is 4. The lowest BCUT2D eigenvalue weighted by Gasteiger charge is -2.32. The van der Waals surface area contributed by atoms with Gasteiger partial charge in [0.15, 0.2) is 5.58 Å². The Bertz CT molecular complexity index is 1860. The molecule has 41 heavy (non-hydrogen) atoms. The fraction of sp³-hybridized carbons (Fsp3) is 0.357. The maximum atomic E-state index is 14.5. The fourth-order valence-electron chi connectivity index (χ4n) is 5.26. The van der Waals surface area contributed by atoms with E-state index in [1.165, 1.54) is 4.57 Å². The number of halogens is 1. The third kappa shape index (κ3) is 5.86. The van der Waals surface area contributed by atoms with Crippen LogP contribution in [0.3, 0.4) is 0 Å². The zero-order chi connectivity index (χ0) is 28.5. The van der Waals surface area contributed by atoms with Crippen LogP contribution < -0.4 is 27.4 Å². The van der Waals surface area contributed by atoms with Gasteiger partial charge in [0.2, 0.25) is 5.91 Å². The molecule has 0 spiro atoms. The summed E-state index contributed by atoms with van der Waals surface area (Å²) < 4.78 is 26.0. The van der Waals surface area contributed by atoms with E-state index in [1.54, 1.807) is 0 Å². The Balaban J connectivity index is 1.15. The number of fused-ring (bicyclic) bond motifs is 2. The predicted molar refractivity (Wildman–Crippen MR) is 147 cm³/mol. The molecule has 2 aliphatic rings. The normalized spacial score (nSPS) is 16.1. The van der Waals surface area contributed by atoms with Crippen LogP contribution >= 0.6 is 0 Å². The first kappa shape index (κ1) is 26.7. The van der Waals surface area contributed by atoms with Gasteiger partial charge in [-0.1, -0.05) is 6.07 Å². The zero-order valence-corrected chi connectivity index (χ0v) is 22.0. The van der Waals surface area contributed by atoms with E-state index >= 15 is 0 Å². The van der Waals surface area contributed by atoms with Gasteiger partial charge in [-0.3, -0.25) is 9.59 Å². The number of carbonyl (C=O) groups is 1. The summed E-state index contributed by atoms with van der Waals surface area (Å²) in [6.45, 7) is 2.79. The predicted octanol–water partition coefficient (Wildman–Crippen LogP) is 1.69. The molecule has 12 nitrogen and oxygen atoms in total. The van der Waals surface area contributed by atoms with Crippen molar-refractivity contribution < 1.29 is 18.0 Å². The first-order chi connectivity index (χ1) is 19.8. The lowest BCUT2D eigenvalue weighted by molar-refractivity contribution is -0.116. The highest BCUT2D eigenvalue weighted by Crippen LogP contribution is 2.21. The number of amides is 1. The van der Waals surface area contributed by atoms with Crippen molar-refractivity contribution in [3.05, 3.63) is 84.7 Å². The van der Waals surface area contributed by atoms with Crippen molar-refractivity contribution in [1.29, 1.82) is 0 Å². The number of benzene rings is 1. The maximum absolute atomic E-state index is 14.5. The van der Waals surface area contributed by atoms with E-state index in [4.69, 9.17) is 8.83 Å². The van der Waals surface area contributed by atoms with Crippen LogP contribution in [0.2, 0.25) is 0 Å². The largest absolute Gasteiger partial charge is 0.421 e. The molecule has 1 fully saturated rings. The number of anilines is 1. The summed E-state index contributed by atoms with van der Waals surface area (Å²) in [5.41, 5.74) is -1.11. The Morgan fingerprint density at radius 2 is 1.73 bits per heavy atom. The monoisotopic (exact) mass is 562 g/mol. The van der Waals surface area contributed by atoms with Gasteiger partial charge in [-0.25, -0.2) is 23.9 Å². The van der Waals surface area contributed by atoms with Gasteiger partial charge in [0, 0.05) is 56.4 Å². The topological polar surface area (TPSA) is 153 Å². The average Bonchev–Trinajstić information content (AvgIpc) is 2.95. The molecular weight excluding hydrogens is 535 g/mol. The van der Waals surface area contributed by atoms with Crippen LogP contribution in [-0.2, 0) is 24.3 Å². The first-order valence-electron chi connectivity index (χ1n) is 13.4. The maximum Gasteiger partial charge on any atom is 0.337 e. The van der Waals surface area contributed by atoms with E-state index in [-0.39, 0.29) is 35.1 Å². The van der Waals surface area contributed by atoms with Gasteiger partial charge in [-0.05, 0) is 44.0 Å². The quantitative estimate of drug-likeness (QED) is 0.355. The number of hydrogen-bond acceptors (Lipinski definition) is 10. The molecule has 0 radical (unpaired) electrons. The number of aryl methyl sites for hydroxylation is 1. The van der Waals surface area contributed by atoms with Gasteiger partial charge >= 0.3 is 16.8 Å². The van der Waals surface area contributed by atoms with E-state index in [9.17, 15) is 23.6 Å². The number of nitrogens with one attached hydrogen (secondary N) is 2. The molecule has 13 heteroatoms. The Morgan fingerprint density at radius 3 is 2.54 bits per heavy atom. The smallest absolute Gasteiger partial charge is 0.337 e. The van der Waals surface area contributed by atoms with Crippen molar-refractivity contribution in [3.8, 4) is 0 Å². The van der Waals surface area contributed by atoms with E-state index < -0.39 is 28.3 Å². The Morgan fingerprint density at radius 1 is 0.951 bits per heavy atom. The number of pyridine rings is 1. The molecule has 4 aromatic rings. The number of hydrogen-bond donors (Lipinski definition) is 2. The van der Waals surface area contributed by atoms with Crippen molar-refractivity contribution in [2.45, 2.75) is 44.8 Å². The molecule has 1 saturated heterocycles. The van der Waals surface area contributed by atoms with Crippen molar-refractivity contribution >= 4 is 34.1 Å². The minimum atomic E-state index is -0.951. The molecule has 1 amide bonds. The molecule has 2 aliphatic heterocycles. The van der Waals surface area contributed by atoms with Crippen molar-refractivity contribution in [3.63, 3.8) is 0 Å². The molecule has 0 saturated carbocycles. The molecule has 212 valence electrons. The third-order valence-corrected chi connectivity index (χ3v) is 7.43. The molecular formula is C28H27FN6O6. The number of carbonyl (C=O) groups excluding carboxylic acids is 1. The van der Waals surface area contributed by atoms with Crippen LogP contribution in [0.5, 0.6) is 0 Å². The van der Waals surface area contributed by atoms with Crippen LogP contribution in [0.25, 0.3) is 22.3 Å². The second-order valence-electron chi connectivity index (χ2n) is 10.2. The first-order valence-corrected chi connectivity index (χ1v) is 13.4. The Kier molecular flexibility index (Phi) is 7.28. The molecule has 3 aromatic heterocycles. The molecule has 2 N–H and O–H groups in total. The van der Waals surface area contributed by atoms with E-state index in [1.807, 2.05) is 12.1 Å². The van der Waals surface area contributed by atoms with Crippen LogP contribution in [0, 0.1) is 5.82 Å². The van der Waals surface area contributed by atoms with Gasteiger partial charge < -0.3 is 28.9 Å².